The largest absolute Gasteiger partial charge is 0.489 e. The Kier molecular flexibility index (Phi) is 9.07. The molecule has 12 heteroatoms. The summed E-state index contributed by atoms with van der Waals surface area (Å²) < 4.78 is 46.6. The molecule has 0 bridgehead atoms. The molecule has 3 fully saturated rings. The van der Waals surface area contributed by atoms with Crippen molar-refractivity contribution < 1.29 is 27.8 Å². The van der Waals surface area contributed by atoms with Crippen LogP contribution in [0.25, 0.3) is 0 Å². The molecule has 250 valence electrons. The second-order valence-electron chi connectivity index (χ2n) is 15.1. The molecule has 9 nitrogen and oxygen atoms in total. The van der Waals surface area contributed by atoms with Crippen LogP contribution in [0, 0.1) is 33.5 Å². The molecule has 2 saturated heterocycles. The van der Waals surface area contributed by atoms with E-state index in [2.05, 4.69) is 38.9 Å². The average Bonchev–Trinajstić information content (AvgIpc) is 2.99. The smallest absolute Gasteiger partial charge is 0.417 e. The lowest BCUT2D eigenvalue weighted by Crippen LogP contribution is -2.74. The van der Waals surface area contributed by atoms with Crippen molar-refractivity contribution in [1.29, 1.82) is 5.26 Å². The van der Waals surface area contributed by atoms with E-state index in [1.165, 1.54) is 18.5 Å². The number of nitriles is 1. The van der Waals surface area contributed by atoms with Crippen molar-refractivity contribution in [2.24, 2.45) is 22.2 Å². The SMILES string of the molecule is CC1(C)CN(c2ncc(C(=O)NC3C(C)(C)C(Oc4ccc(C#N)c(C(F)(F)F)c4)C3(C)C)cn2)CCC1CN1CCC(O)CC1. The third kappa shape index (κ3) is 6.67. The van der Waals surface area contributed by atoms with Gasteiger partial charge in [0.15, 0.2) is 0 Å². The van der Waals surface area contributed by atoms with Gasteiger partial charge in [0.25, 0.3) is 5.91 Å². The normalized spacial score (nSPS) is 26.1. The van der Waals surface area contributed by atoms with Gasteiger partial charge in [-0.15, -0.1) is 0 Å². The summed E-state index contributed by atoms with van der Waals surface area (Å²) in [7, 11) is 0. The zero-order chi connectivity index (χ0) is 33.7. The summed E-state index contributed by atoms with van der Waals surface area (Å²) in [6, 6.07) is 4.59. The van der Waals surface area contributed by atoms with Gasteiger partial charge in [0.2, 0.25) is 5.95 Å². The molecule has 1 atom stereocenters. The predicted molar refractivity (Wildman–Crippen MR) is 167 cm³/mol. The maximum Gasteiger partial charge on any atom is 0.417 e. The molecule has 3 aliphatic rings. The van der Waals surface area contributed by atoms with Crippen LogP contribution in [0.2, 0.25) is 0 Å². The van der Waals surface area contributed by atoms with Gasteiger partial charge >= 0.3 is 6.18 Å². The van der Waals surface area contributed by atoms with Crippen LogP contribution in [0.4, 0.5) is 19.1 Å². The fourth-order valence-electron chi connectivity index (χ4n) is 8.01. The van der Waals surface area contributed by atoms with E-state index in [0.717, 1.165) is 64.1 Å². The van der Waals surface area contributed by atoms with Crippen LogP contribution in [-0.2, 0) is 6.18 Å². The van der Waals surface area contributed by atoms with Crippen LogP contribution in [0.1, 0.15) is 82.3 Å². The van der Waals surface area contributed by atoms with Gasteiger partial charge in [-0.1, -0.05) is 41.5 Å². The standard InChI is InChI=1S/C34H45F3N6O3/c1-31(2)20-43(14-9-23(31)19-42-12-10-24(44)11-13-42)30-39-17-22(18-40-30)27(45)41-28-32(3,4)29(33(28,5)6)46-25-8-7-21(16-38)26(15-25)34(35,36)37/h7-8,15,17-18,23-24,28-29,44H,9-14,19-20H2,1-6H3,(H,41,45). The molecule has 46 heavy (non-hydrogen) atoms. The number of likely N-dealkylation sites (tertiary alicyclic amines) is 1. The summed E-state index contributed by atoms with van der Waals surface area (Å²) in [5, 5.41) is 22.0. The third-order valence-corrected chi connectivity index (χ3v) is 10.5. The van der Waals surface area contributed by atoms with E-state index in [9.17, 15) is 23.1 Å². The van der Waals surface area contributed by atoms with Crippen LogP contribution in [-0.4, -0.2) is 76.9 Å². The van der Waals surface area contributed by atoms with Crippen molar-refractivity contribution in [3.05, 3.63) is 47.3 Å². The van der Waals surface area contributed by atoms with Crippen molar-refractivity contribution in [3.8, 4) is 11.8 Å². The highest BCUT2D eigenvalue weighted by Gasteiger charge is 2.64. The van der Waals surface area contributed by atoms with E-state index in [0.29, 0.717) is 17.4 Å². The van der Waals surface area contributed by atoms with E-state index in [4.69, 9.17) is 10.00 Å². The molecule has 1 saturated carbocycles. The van der Waals surface area contributed by atoms with Gasteiger partial charge < -0.3 is 25.0 Å². The zero-order valence-electron chi connectivity index (χ0n) is 27.5. The van der Waals surface area contributed by atoms with Crippen LogP contribution >= 0.6 is 0 Å². The van der Waals surface area contributed by atoms with Crippen molar-refractivity contribution >= 4 is 11.9 Å². The number of piperidine rings is 2. The summed E-state index contributed by atoms with van der Waals surface area (Å²) in [6.07, 6.45) is 0.385. The number of carbonyl (C=O) groups excluding carboxylic acids is 1. The minimum atomic E-state index is -4.69. The summed E-state index contributed by atoms with van der Waals surface area (Å²) in [5.41, 5.74) is -2.37. The number of nitrogens with zero attached hydrogens (tertiary/aromatic N) is 5. The Morgan fingerprint density at radius 2 is 1.70 bits per heavy atom. The Morgan fingerprint density at radius 1 is 1.07 bits per heavy atom. The van der Waals surface area contributed by atoms with Crippen molar-refractivity contribution in [3.63, 3.8) is 0 Å². The average molecular weight is 643 g/mol. The molecule has 1 aromatic carbocycles. The first kappa shape index (κ1) is 33.9. The number of aromatic nitrogens is 2. The van der Waals surface area contributed by atoms with Gasteiger partial charge in [-0.2, -0.15) is 18.4 Å². The maximum atomic E-state index is 13.5. The number of aliphatic hydroxyl groups is 1. The number of hydrogen-bond acceptors (Lipinski definition) is 8. The summed E-state index contributed by atoms with van der Waals surface area (Å²) in [4.78, 5) is 27.1. The number of aliphatic hydroxyl groups excluding tert-OH is 1. The second kappa shape index (κ2) is 12.3. The molecule has 1 aromatic heterocycles. The van der Waals surface area contributed by atoms with Gasteiger partial charge in [-0.3, -0.25) is 4.79 Å². The van der Waals surface area contributed by atoms with Gasteiger partial charge in [0.05, 0.1) is 28.9 Å². The Balaban J connectivity index is 1.20. The maximum absolute atomic E-state index is 13.5. The molecule has 0 spiro atoms. The number of carbonyl (C=O) groups is 1. The van der Waals surface area contributed by atoms with Crippen molar-refractivity contribution in [2.45, 2.75) is 85.2 Å². The zero-order valence-corrected chi connectivity index (χ0v) is 27.5. The molecule has 1 unspecified atom stereocenters. The Morgan fingerprint density at radius 3 is 2.26 bits per heavy atom. The number of hydrogen-bond donors (Lipinski definition) is 2. The highest BCUT2D eigenvalue weighted by Crippen LogP contribution is 2.55. The summed E-state index contributed by atoms with van der Waals surface area (Å²) in [5.74, 6) is 0.793. The number of halogens is 3. The molecule has 0 radical (unpaired) electrons. The predicted octanol–water partition coefficient (Wildman–Crippen LogP) is 5.29. The lowest BCUT2D eigenvalue weighted by Gasteiger charge is -2.63. The minimum absolute atomic E-state index is 0.0183. The molecule has 1 amide bonds. The number of ether oxygens (including phenoxy) is 1. The van der Waals surface area contributed by atoms with E-state index < -0.39 is 34.2 Å². The van der Waals surface area contributed by atoms with Gasteiger partial charge in [0, 0.05) is 62.0 Å². The summed E-state index contributed by atoms with van der Waals surface area (Å²) >= 11 is 0. The first-order chi connectivity index (χ1) is 21.4. The highest BCUT2D eigenvalue weighted by molar-refractivity contribution is 5.94. The first-order valence-electron chi connectivity index (χ1n) is 16.0. The molecule has 5 rings (SSSR count). The van der Waals surface area contributed by atoms with Crippen molar-refractivity contribution in [2.75, 3.05) is 37.6 Å². The number of alkyl halides is 3. The van der Waals surface area contributed by atoms with Gasteiger partial charge in [0.1, 0.15) is 11.9 Å². The highest BCUT2D eigenvalue weighted by atomic mass is 19.4. The van der Waals surface area contributed by atoms with Crippen LogP contribution in [0.15, 0.2) is 30.6 Å². The van der Waals surface area contributed by atoms with Crippen LogP contribution < -0.4 is 15.0 Å². The topological polar surface area (TPSA) is 115 Å². The molecule has 2 aromatic rings. The fourth-order valence-corrected chi connectivity index (χ4v) is 8.01. The Hall–Kier alpha value is -3.43. The van der Waals surface area contributed by atoms with Crippen LogP contribution in [0.5, 0.6) is 5.75 Å². The van der Waals surface area contributed by atoms with E-state index in [1.807, 2.05) is 27.7 Å². The molecular formula is C34H45F3N6O3. The van der Waals surface area contributed by atoms with Crippen LogP contribution in [0.3, 0.4) is 0 Å². The quantitative estimate of drug-likeness (QED) is 0.419. The fraction of sp³-hybridized carbons (Fsp3) is 0.647. The second-order valence-corrected chi connectivity index (χ2v) is 15.1. The van der Waals surface area contributed by atoms with Gasteiger partial charge in [-0.25, -0.2) is 9.97 Å². The monoisotopic (exact) mass is 642 g/mol. The lowest BCUT2D eigenvalue weighted by atomic mass is 9.49. The molecule has 2 N–H and O–H groups in total. The lowest BCUT2D eigenvalue weighted by molar-refractivity contribution is -0.164. The molecule has 1 aliphatic carbocycles. The number of anilines is 1. The third-order valence-electron chi connectivity index (χ3n) is 10.5. The van der Waals surface area contributed by atoms with E-state index in [-0.39, 0.29) is 29.2 Å². The van der Waals surface area contributed by atoms with E-state index >= 15 is 0 Å². The Labute approximate surface area is 269 Å². The molecule has 2 aliphatic heterocycles. The number of amides is 1. The minimum Gasteiger partial charge on any atom is -0.489 e. The number of benzene rings is 1. The van der Waals surface area contributed by atoms with Crippen molar-refractivity contribution in [1.82, 2.24) is 20.2 Å². The summed E-state index contributed by atoms with van der Waals surface area (Å²) in [6.45, 7) is 16.7. The number of nitrogens with one attached hydrogen (secondary N) is 1. The van der Waals surface area contributed by atoms with E-state index in [1.54, 1.807) is 6.07 Å². The number of rotatable bonds is 7. The Bertz CT molecular complexity index is 1450. The van der Waals surface area contributed by atoms with Gasteiger partial charge in [-0.05, 0) is 48.8 Å². The molecule has 3 heterocycles. The first-order valence-corrected chi connectivity index (χ1v) is 16.0. The molecular weight excluding hydrogens is 597 g/mol.